The van der Waals surface area contributed by atoms with Crippen molar-refractivity contribution in [2.75, 3.05) is 4.90 Å². The average Bonchev–Trinajstić information content (AvgIpc) is 3.31. The molecule has 1 aromatic heterocycles. The second-order valence-corrected chi connectivity index (χ2v) is 8.44. The maximum atomic E-state index is 13.1. The fraction of sp³-hybridized carbons (Fsp3) is 0.148. The zero-order chi connectivity index (χ0) is 24.1. The fourth-order valence-corrected chi connectivity index (χ4v) is 4.39. The second kappa shape index (κ2) is 10.4. The molecule has 0 aliphatic rings. The van der Waals surface area contributed by atoms with E-state index in [9.17, 15) is 14.0 Å². The van der Waals surface area contributed by atoms with Gasteiger partial charge in [-0.2, -0.15) is 0 Å². The number of aromatic nitrogens is 1. The summed E-state index contributed by atoms with van der Waals surface area (Å²) in [5.41, 5.74) is 3.51. The Morgan fingerprint density at radius 2 is 1.62 bits per heavy atom. The first kappa shape index (κ1) is 23.3. The smallest absolute Gasteiger partial charge is 0.230 e. The summed E-state index contributed by atoms with van der Waals surface area (Å²) in [4.78, 5) is 31.2. The SMILES string of the molecule is CCc1ccccc1N(C(C)=O)c1nc(COc2ccc(C(=O)c3ccc(F)cc3)cc2)cs1. The lowest BCUT2D eigenvalue weighted by atomic mass is 10.0. The molecule has 0 fully saturated rings. The predicted molar refractivity (Wildman–Crippen MR) is 131 cm³/mol. The minimum absolute atomic E-state index is 0.107. The number of carbonyl (C=O) groups is 2. The number of nitrogens with zero attached hydrogens (tertiary/aromatic N) is 2. The third kappa shape index (κ3) is 5.21. The van der Waals surface area contributed by atoms with Crippen LogP contribution in [-0.2, 0) is 17.8 Å². The van der Waals surface area contributed by atoms with Crippen LogP contribution >= 0.6 is 11.3 Å². The molecule has 172 valence electrons. The van der Waals surface area contributed by atoms with E-state index in [4.69, 9.17) is 4.74 Å². The Labute approximate surface area is 201 Å². The summed E-state index contributed by atoms with van der Waals surface area (Å²) < 4.78 is 18.9. The van der Waals surface area contributed by atoms with Crippen molar-refractivity contribution in [1.29, 1.82) is 0 Å². The van der Waals surface area contributed by atoms with Crippen molar-refractivity contribution in [3.63, 3.8) is 0 Å². The Kier molecular flexibility index (Phi) is 7.13. The molecule has 1 amide bonds. The van der Waals surface area contributed by atoms with E-state index in [1.165, 1.54) is 42.5 Å². The molecule has 4 aromatic rings. The minimum atomic E-state index is -0.383. The van der Waals surface area contributed by atoms with Crippen molar-refractivity contribution >= 4 is 33.8 Å². The molecule has 0 aliphatic heterocycles. The normalized spacial score (nSPS) is 10.7. The minimum Gasteiger partial charge on any atom is -0.487 e. The number of halogens is 1. The van der Waals surface area contributed by atoms with E-state index in [0.717, 1.165) is 17.7 Å². The molecule has 0 radical (unpaired) electrons. The molecule has 4 rings (SSSR count). The van der Waals surface area contributed by atoms with Gasteiger partial charge in [0.05, 0.1) is 11.4 Å². The van der Waals surface area contributed by atoms with E-state index in [2.05, 4.69) is 11.9 Å². The van der Waals surface area contributed by atoms with E-state index in [1.54, 1.807) is 29.2 Å². The van der Waals surface area contributed by atoms with Gasteiger partial charge in [0.1, 0.15) is 18.2 Å². The Hall–Kier alpha value is -3.84. The predicted octanol–water partition coefficient (Wildman–Crippen LogP) is 6.34. The summed E-state index contributed by atoms with van der Waals surface area (Å²) >= 11 is 1.38. The Morgan fingerprint density at radius 1 is 0.971 bits per heavy atom. The highest BCUT2D eigenvalue weighted by Crippen LogP contribution is 2.32. The van der Waals surface area contributed by atoms with Crippen LogP contribution in [-0.4, -0.2) is 16.7 Å². The molecule has 7 heteroatoms. The zero-order valence-electron chi connectivity index (χ0n) is 18.8. The van der Waals surface area contributed by atoms with Crippen molar-refractivity contribution in [1.82, 2.24) is 4.98 Å². The van der Waals surface area contributed by atoms with Crippen molar-refractivity contribution in [2.45, 2.75) is 26.9 Å². The number of anilines is 2. The molecule has 34 heavy (non-hydrogen) atoms. The Morgan fingerprint density at radius 3 is 2.26 bits per heavy atom. The molecule has 0 aliphatic carbocycles. The molecule has 1 heterocycles. The van der Waals surface area contributed by atoms with Gasteiger partial charge in [-0.25, -0.2) is 9.37 Å². The van der Waals surface area contributed by atoms with Crippen molar-refractivity contribution in [3.05, 3.63) is 106 Å². The molecule has 0 saturated carbocycles. The largest absolute Gasteiger partial charge is 0.487 e. The second-order valence-electron chi connectivity index (χ2n) is 7.61. The molecular weight excluding hydrogens is 451 g/mol. The van der Waals surface area contributed by atoms with Gasteiger partial charge in [0.25, 0.3) is 0 Å². The van der Waals surface area contributed by atoms with Crippen LogP contribution in [0.15, 0.2) is 78.2 Å². The molecule has 0 spiro atoms. The number of ketones is 1. The fourth-order valence-electron chi connectivity index (χ4n) is 3.53. The monoisotopic (exact) mass is 474 g/mol. The number of rotatable bonds is 8. The number of amides is 1. The molecule has 0 atom stereocenters. The third-order valence-electron chi connectivity index (χ3n) is 5.27. The number of carbonyl (C=O) groups excluding carboxylic acids is 2. The highest BCUT2D eigenvalue weighted by atomic mass is 32.1. The highest BCUT2D eigenvalue weighted by Gasteiger charge is 2.20. The molecule has 0 N–H and O–H groups in total. The van der Waals surface area contributed by atoms with E-state index < -0.39 is 0 Å². The quantitative estimate of drug-likeness (QED) is 0.280. The molecule has 0 saturated heterocycles. The number of benzene rings is 3. The number of para-hydroxylation sites is 1. The number of hydrogen-bond donors (Lipinski definition) is 0. The van der Waals surface area contributed by atoms with Gasteiger partial charge < -0.3 is 4.74 Å². The maximum Gasteiger partial charge on any atom is 0.230 e. The van der Waals surface area contributed by atoms with Crippen LogP contribution in [0.25, 0.3) is 0 Å². The van der Waals surface area contributed by atoms with Crippen LogP contribution < -0.4 is 9.64 Å². The van der Waals surface area contributed by atoms with Gasteiger partial charge in [0.2, 0.25) is 5.91 Å². The van der Waals surface area contributed by atoms with Crippen LogP contribution in [0.4, 0.5) is 15.2 Å². The molecule has 0 bridgehead atoms. The summed E-state index contributed by atoms with van der Waals surface area (Å²) in [7, 11) is 0. The van der Waals surface area contributed by atoms with Crippen LogP contribution in [0.2, 0.25) is 0 Å². The van der Waals surface area contributed by atoms with Crippen molar-refractivity contribution in [2.24, 2.45) is 0 Å². The van der Waals surface area contributed by atoms with Gasteiger partial charge in [-0.05, 0) is 66.6 Å². The van der Waals surface area contributed by atoms with Gasteiger partial charge in [-0.15, -0.1) is 11.3 Å². The van der Waals surface area contributed by atoms with E-state index in [1.807, 2.05) is 29.6 Å². The van der Waals surface area contributed by atoms with Crippen LogP contribution in [0.5, 0.6) is 5.75 Å². The van der Waals surface area contributed by atoms with Gasteiger partial charge in [0.15, 0.2) is 10.9 Å². The van der Waals surface area contributed by atoms with Crippen LogP contribution in [0.1, 0.15) is 41.0 Å². The lowest BCUT2D eigenvalue weighted by molar-refractivity contribution is -0.115. The lowest BCUT2D eigenvalue weighted by Crippen LogP contribution is -2.23. The van der Waals surface area contributed by atoms with Gasteiger partial charge in [0, 0.05) is 23.4 Å². The average molecular weight is 475 g/mol. The molecule has 3 aromatic carbocycles. The van der Waals surface area contributed by atoms with Crippen LogP contribution in [0, 0.1) is 5.82 Å². The topological polar surface area (TPSA) is 59.5 Å². The number of ether oxygens (including phenoxy) is 1. The first-order chi connectivity index (χ1) is 16.5. The highest BCUT2D eigenvalue weighted by molar-refractivity contribution is 7.14. The number of aryl methyl sites for hydroxylation is 1. The molecule has 0 unspecified atom stereocenters. The maximum absolute atomic E-state index is 13.1. The van der Waals surface area contributed by atoms with Crippen molar-refractivity contribution < 1.29 is 18.7 Å². The van der Waals surface area contributed by atoms with E-state index in [-0.39, 0.29) is 24.1 Å². The summed E-state index contributed by atoms with van der Waals surface area (Å²) in [6, 6.07) is 20.0. The zero-order valence-corrected chi connectivity index (χ0v) is 19.6. The summed E-state index contributed by atoms with van der Waals surface area (Å²) in [5, 5.41) is 2.46. The Bertz CT molecular complexity index is 1300. The van der Waals surface area contributed by atoms with E-state index >= 15 is 0 Å². The number of thiazole rings is 1. The lowest BCUT2D eigenvalue weighted by Gasteiger charge is -2.20. The first-order valence-electron chi connectivity index (χ1n) is 10.8. The first-order valence-corrected chi connectivity index (χ1v) is 11.7. The van der Waals surface area contributed by atoms with Gasteiger partial charge >= 0.3 is 0 Å². The Balaban J connectivity index is 1.44. The summed E-state index contributed by atoms with van der Waals surface area (Å²) in [6.45, 7) is 3.80. The van der Waals surface area contributed by atoms with Gasteiger partial charge in [-0.3, -0.25) is 14.5 Å². The molecule has 5 nitrogen and oxygen atoms in total. The number of hydrogen-bond acceptors (Lipinski definition) is 5. The van der Waals surface area contributed by atoms with Gasteiger partial charge in [-0.1, -0.05) is 25.1 Å². The standard InChI is InChI=1S/C27H23FN2O3S/c1-3-19-6-4-5-7-25(19)30(18(2)31)27-29-23(17-34-27)16-33-24-14-10-21(11-15-24)26(32)20-8-12-22(28)13-9-20/h4-15,17H,3,16H2,1-2H3. The summed E-state index contributed by atoms with van der Waals surface area (Å²) in [5.74, 6) is -0.0899. The van der Waals surface area contributed by atoms with E-state index in [0.29, 0.717) is 27.7 Å². The summed E-state index contributed by atoms with van der Waals surface area (Å²) in [6.07, 6.45) is 0.807. The van der Waals surface area contributed by atoms with Crippen LogP contribution in [0.3, 0.4) is 0 Å². The van der Waals surface area contributed by atoms with Crippen molar-refractivity contribution in [3.8, 4) is 5.75 Å². The third-order valence-corrected chi connectivity index (χ3v) is 6.14. The molecular formula is C27H23FN2O3S.